The molecule has 1 aliphatic heterocycles. The van der Waals surface area contributed by atoms with E-state index in [1.165, 1.54) is 0 Å². The van der Waals surface area contributed by atoms with Crippen molar-refractivity contribution in [2.75, 3.05) is 35.3 Å². The number of ether oxygens (including phenoxy) is 1. The number of aromatic nitrogens is 2. The number of primary amides is 1. The number of aromatic hydroxyl groups is 1. The molecule has 184 valence electrons. The van der Waals surface area contributed by atoms with Crippen molar-refractivity contribution < 1.29 is 19.4 Å². The molecule has 2 heterocycles. The molecule has 1 aromatic heterocycles. The first kappa shape index (κ1) is 24.8. The van der Waals surface area contributed by atoms with Crippen LogP contribution in [0.15, 0.2) is 36.4 Å². The molecule has 10 nitrogen and oxygen atoms in total. The van der Waals surface area contributed by atoms with Crippen LogP contribution in [0.25, 0.3) is 0 Å². The molecule has 1 aliphatic rings. The fraction of sp³-hybridized carbons (Fsp3) is 0.292. The molecule has 2 amide bonds. The summed E-state index contributed by atoms with van der Waals surface area (Å²) in [5.41, 5.74) is 10.0. The number of nitrogens with two attached hydrogens (primary N) is 1. The van der Waals surface area contributed by atoms with E-state index in [-0.39, 0.29) is 18.1 Å². The summed E-state index contributed by atoms with van der Waals surface area (Å²) in [4.78, 5) is 26.0. The molecule has 35 heavy (non-hydrogen) atoms. The molecule has 0 unspecified atom stereocenters. The second kappa shape index (κ2) is 11.0. The second-order valence-electron chi connectivity index (χ2n) is 8.06. The van der Waals surface area contributed by atoms with Crippen molar-refractivity contribution >= 4 is 57.4 Å². The number of hydrogen-bond acceptors (Lipinski definition) is 7. The molecule has 0 bridgehead atoms. The number of morpholine rings is 1. The number of anilines is 4. The fourth-order valence-corrected chi connectivity index (χ4v) is 4.53. The van der Waals surface area contributed by atoms with E-state index < -0.39 is 5.91 Å². The van der Waals surface area contributed by atoms with E-state index in [0.717, 1.165) is 22.4 Å². The number of amides is 2. The Morgan fingerprint density at radius 3 is 2.69 bits per heavy atom. The van der Waals surface area contributed by atoms with E-state index >= 15 is 0 Å². The molecule has 3 aromatic rings. The predicted octanol–water partition coefficient (Wildman–Crippen LogP) is 3.43. The lowest BCUT2D eigenvalue weighted by Crippen LogP contribution is -2.41. The molecule has 1 saturated heterocycles. The number of carbonyl (C=O) groups is 2. The van der Waals surface area contributed by atoms with Crippen LogP contribution in [0.5, 0.6) is 5.75 Å². The summed E-state index contributed by atoms with van der Waals surface area (Å²) in [5, 5.41) is 23.7. The zero-order valence-electron chi connectivity index (χ0n) is 19.2. The Balaban J connectivity index is 1.49. The molecule has 0 spiro atoms. The quantitative estimate of drug-likeness (QED) is 0.190. The average Bonchev–Trinajstić information content (AvgIpc) is 3.27. The number of hydrogen-bond donors (Lipinski definition) is 5. The number of phenols is 1. The van der Waals surface area contributed by atoms with Gasteiger partial charge < -0.3 is 31.1 Å². The van der Waals surface area contributed by atoms with Crippen LogP contribution in [0.4, 0.5) is 23.0 Å². The lowest BCUT2D eigenvalue weighted by atomic mass is 10.0. The summed E-state index contributed by atoms with van der Waals surface area (Å²) in [6.07, 6.45) is 0.713. The standard InChI is InChI=1S/C24H27IN6O4/c1-2-15-9-14(10-16(11-25)21(15)33)12-27-23-20(22(26)34)24(30-29-23)28-17-3-5-18(6-4-17)31-7-8-35-13-19(31)32/h3-6,9-10,33H,2,7-8,11-13H2,1H3,(H2,26,34)(H3,27,28,29,30). The third-order valence-electron chi connectivity index (χ3n) is 5.76. The van der Waals surface area contributed by atoms with E-state index in [2.05, 4.69) is 43.4 Å². The van der Waals surface area contributed by atoms with E-state index in [0.29, 0.717) is 53.6 Å². The third-order valence-corrected chi connectivity index (χ3v) is 6.58. The summed E-state index contributed by atoms with van der Waals surface area (Å²) < 4.78 is 5.86. The smallest absolute Gasteiger partial charge is 0.256 e. The van der Waals surface area contributed by atoms with Gasteiger partial charge in [-0.05, 0) is 47.9 Å². The van der Waals surface area contributed by atoms with Gasteiger partial charge in [0.25, 0.3) is 11.8 Å². The van der Waals surface area contributed by atoms with Crippen molar-refractivity contribution in [3.63, 3.8) is 0 Å². The van der Waals surface area contributed by atoms with Crippen LogP contribution in [0, 0.1) is 0 Å². The maximum absolute atomic E-state index is 12.2. The molecule has 11 heteroatoms. The van der Waals surface area contributed by atoms with Gasteiger partial charge in [0.05, 0.1) is 6.61 Å². The predicted molar refractivity (Wildman–Crippen MR) is 143 cm³/mol. The molecule has 0 saturated carbocycles. The number of H-pyrrole nitrogens is 1. The van der Waals surface area contributed by atoms with Gasteiger partial charge in [0, 0.05) is 34.5 Å². The largest absolute Gasteiger partial charge is 0.507 e. The number of carbonyl (C=O) groups excluding carboxylic acids is 2. The topological polar surface area (TPSA) is 146 Å². The highest BCUT2D eigenvalue weighted by Gasteiger charge is 2.21. The normalized spacial score (nSPS) is 13.7. The number of nitrogens with zero attached hydrogens (tertiary/aromatic N) is 2. The molecule has 0 aliphatic carbocycles. The van der Waals surface area contributed by atoms with Gasteiger partial charge in [0.1, 0.15) is 23.7 Å². The molecule has 4 rings (SSSR count). The molecular formula is C24H27IN6O4. The Labute approximate surface area is 216 Å². The molecule has 0 radical (unpaired) electrons. The summed E-state index contributed by atoms with van der Waals surface area (Å²) in [6.45, 7) is 3.48. The van der Waals surface area contributed by atoms with Gasteiger partial charge in [0.2, 0.25) is 0 Å². The van der Waals surface area contributed by atoms with Crippen LogP contribution in [-0.4, -0.2) is 46.9 Å². The summed E-state index contributed by atoms with van der Waals surface area (Å²) in [7, 11) is 0. The SMILES string of the molecule is CCc1cc(CNc2n[nH]c(Nc3ccc(N4CCOCC4=O)cc3)c2C(N)=O)cc(CI)c1O. The Bertz CT molecular complexity index is 1200. The lowest BCUT2D eigenvalue weighted by Gasteiger charge is -2.26. The first-order valence-electron chi connectivity index (χ1n) is 11.2. The van der Waals surface area contributed by atoms with Crippen LogP contribution in [0.3, 0.4) is 0 Å². The van der Waals surface area contributed by atoms with Crippen LogP contribution in [0.2, 0.25) is 0 Å². The third kappa shape index (κ3) is 5.51. The zero-order valence-corrected chi connectivity index (χ0v) is 21.4. The average molecular weight is 590 g/mol. The van der Waals surface area contributed by atoms with Gasteiger partial charge in [-0.2, -0.15) is 5.10 Å². The van der Waals surface area contributed by atoms with Crippen LogP contribution < -0.4 is 21.3 Å². The van der Waals surface area contributed by atoms with Crippen molar-refractivity contribution in [2.45, 2.75) is 24.3 Å². The zero-order chi connectivity index (χ0) is 24.9. The summed E-state index contributed by atoms with van der Waals surface area (Å²) >= 11 is 2.22. The van der Waals surface area contributed by atoms with Crippen molar-refractivity contribution in [1.29, 1.82) is 0 Å². The first-order chi connectivity index (χ1) is 16.9. The lowest BCUT2D eigenvalue weighted by molar-refractivity contribution is -0.125. The fourth-order valence-electron chi connectivity index (χ4n) is 3.95. The molecule has 6 N–H and O–H groups in total. The summed E-state index contributed by atoms with van der Waals surface area (Å²) in [6, 6.07) is 11.1. The summed E-state index contributed by atoms with van der Waals surface area (Å²) in [5.74, 6) is 0.314. The van der Waals surface area contributed by atoms with E-state index in [1.54, 1.807) is 4.90 Å². The highest BCUT2D eigenvalue weighted by molar-refractivity contribution is 14.1. The number of alkyl halides is 1. The van der Waals surface area contributed by atoms with Gasteiger partial charge in [0.15, 0.2) is 5.82 Å². The number of benzene rings is 2. The highest BCUT2D eigenvalue weighted by atomic mass is 127. The van der Waals surface area contributed by atoms with Gasteiger partial charge >= 0.3 is 0 Å². The molecule has 2 aromatic carbocycles. The van der Waals surface area contributed by atoms with Gasteiger partial charge in [-0.15, -0.1) is 0 Å². The Hall–Kier alpha value is -3.32. The van der Waals surface area contributed by atoms with Gasteiger partial charge in [-0.3, -0.25) is 14.7 Å². The Kier molecular flexibility index (Phi) is 7.76. The van der Waals surface area contributed by atoms with Crippen molar-refractivity contribution in [2.24, 2.45) is 5.73 Å². The van der Waals surface area contributed by atoms with Crippen molar-refractivity contribution in [3.05, 3.63) is 58.7 Å². The van der Waals surface area contributed by atoms with Crippen LogP contribution in [-0.2, 0) is 26.9 Å². The maximum Gasteiger partial charge on any atom is 0.256 e. The van der Waals surface area contributed by atoms with Crippen molar-refractivity contribution in [3.8, 4) is 5.75 Å². The minimum atomic E-state index is -0.632. The molecular weight excluding hydrogens is 563 g/mol. The minimum absolute atomic E-state index is 0.0786. The van der Waals surface area contributed by atoms with Gasteiger partial charge in [-0.1, -0.05) is 35.6 Å². The number of rotatable bonds is 9. The van der Waals surface area contributed by atoms with E-state index in [1.807, 2.05) is 43.3 Å². The molecule has 0 atom stereocenters. The van der Waals surface area contributed by atoms with Gasteiger partial charge in [-0.25, -0.2) is 0 Å². The maximum atomic E-state index is 12.2. The number of aryl methyl sites for hydroxylation is 1. The monoisotopic (exact) mass is 590 g/mol. The second-order valence-corrected chi connectivity index (χ2v) is 8.82. The highest BCUT2D eigenvalue weighted by Crippen LogP contribution is 2.29. The van der Waals surface area contributed by atoms with E-state index in [9.17, 15) is 14.7 Å². The number of nitrogens with one attached hydrogen (secondary N) is 3. The Morgan fingerprint density at radius 1 is 1.29 bits per heavy atom. The molecule has 1 fully saturated rings. The first-order valence-corrected chi connectivity index (χ1v) is 12.7. The van der Waals surface area contributed by atoms with Crippen LogP contribution in [0.1, 0.15) is 34.0 Å². The Morgan fingerprint density at radius 2 is 2.03 bits per heavy atom. The number of halogens is 1. The number of phenolic OH excluding ortho intramolecular Hbond substituents is 1. The van der Waals surface area contributed by atoms with E-state index in [4.69, 9.17) is 10.5 Å². The van der Waals surface area contributed by atoms with Crippen LogP contribution >= 0.6 is 22.6 Å². The number of aromatic amines is 1. The minimum Gasteiger partial charge on any atom is -0.507 e. The van der Waals surface area contributed by atoms with Crippen molar-refractivity contribution in [1.82, 2.24) is 10.2 Å².